The normalized spacial score (nSPS) is 10.7. The number of furan rings is 1. The van der Waals surface area contributed by atoms with Gasteiger partial charge in [-0.1, -0.05) is 67.2 Å². The summed E-state index contributed by atoms with van der Waals surface area (Å²) in [6.07, 6.45) is 4.95. The molecule has 0 aliphatic rings. The maximum Gasteiger partial charge on any atom is 0.257 e. The largest absolute Gasteiger partial charge is 0.465 e. The third-order valence-electron chi connectivity index (χ3n) is 4.31. The summed E-state index contributed by atoms with van der Waals surface area (Å²) in [5, 5.41) is 2.70. The molecule has 0 saturated carbocycles. The fourth-order valence-corrected chi connectivity index (χ4v) is 2.86. The van der Waals surface area contributed by atoms with Gasteiger partial charge in [-0.25, -0.2) is 0 Å². The van der Waals surface area contributed by atoms with Crippen LogP contribution in [0.2, 0.25) is 0 Å². The van der Waals surface area contributed by atoms with Crippen molar-refractivity contribution in [3.8, 4) is 0 Å². The molecule has 0 fully saturated rings. The van der Waals surface area contributed by atoms with Gasteiger partial charge in [-0.15, -0.1) is 0 Å². The molecule has 0 spiro atoms. The summed E-state index contributed by atoms with van der Waals surface area (Å²) in [7, 11) is 0. The lowest BCUT2D eigenvalue weighted by atomic mass is 9.90. The smallest absolute Gasteiger partial charge is 0.257 e. The summed E-state index contributed by atoms with van der Waals surface area (Å²) >= 11 is 0. The van der Waals surface area contributed by atoms with E-state index in [9.17, 15) is 9.59 Å². The maximum absolute atomic E-state index is 12.9. The molecule has 152 valence electrons. The van der Waals surface area contributed by atoms with Crippen LogP contribution in [-0.2, 0) is 9.59 Å². The zero-order chi connectivity index (χ0) is 21.2. The zero-order valence-electron chi connectivity index (χ0n) is 16.4. The van der Waals surface area contributed by atoms with Gasteiger partial charge in [0.1, 0.15) is 5.76 Å². The minimum absolute atomic E-state index is 0.169. The molecule has 0 saturated heterocycles. The van der Waals surface area contributed by atoms with Crippen molar-refractivity contribution in [1.29, 1.82) is 0 Å². The highest BCUT2D eigenvalue weighted by Crippen LogP contribution is 2.24. The summed E-state index contributed by atoms with van der Waals surface area (Å²) in [6.45, 7) is 3.62. The molecule has 2 amide bonds. The van der Waals surface area contributed by atoms with Crippen molar-refractivity contribution in [3.63, 3.8) is 0 Å². The Kier molecular flexibility index (Phi) is 7.22. The van der Waals surface area contributed by atoms with E-state index in [1.807, 2.05) is 60.7 Å². The number of carbonyl (C=O) groups is 2. The van der Waals surface area contributed by atoms with E-state index in [2.05, 4.69) is 22.7 Å². The average molecular weight is 401 g/mol. The van der Waals surface area contributed by atoms with Gasteiger partial charge in [-0.05, 0) is 35.4 Å². The van der Waals surface area contributed by atoms with Crippen LogP contribution in [0.4, 0.5) is 0 Å². The molecule has 0 aliphatic carbocycles. The Morgan fingerprint density at radius 2 is 1.53 bits per heavy atom. The zero-order valence-corrected chi connectivity index (χ0v) is 16.4. The summed E-state index contributed by atoms with van der Waals surface area (Å²) in [5.74, 6) is -0.473. The first-order chi connectivity index (χ1) is 14.6. The van der Waals surface area contributed by atoms with E-state index in [1.54, 1.807) is 30.5 Å². The van der Waals surface area contributed by atoms with Gasteiger partial charge in [0.15, 0.2) is 0 Å². The lowest BCUT2D eigenvalue weighted by molar-refractivity contribution is -0.126. The van der Waals surface area contributed by atoms with Gasteiger partial charge in [-0.2, -0.15) is 0 Å². The number of nitrogens with one attached hydrogen (secondary N) is 3. The molecule has 3 rings (SSSR count). The van der Waals surface area contributed by atoms with Crippen LogP contribution in [0.25, 0.3) is 6.08 Å². The Balaban J connectivity index is 1.53. The Morgan fingerprint density at radius 3 is 2.10 bits per heavy atom. The van der Waals surface area contributed by atoms with Crippen molar-refractivity contribution in [1.82, 2.24) is 16.2 Å². The van der Waals surface area contributed by atoms with Crippen LogP contribution in [0.15, 0.2) is 102 Å². The average Bonchev–Trinajstić information content (AvgIpc) is 3.30. The fraction of sp³-hybridized carbons (Fsp3) is 0.0833. The van der Waals surface area contributed by atoms with E-state index < -0.39 is 11.8 Å². The van der Waals surface area contributed by atoms with Crippen LogP contribution in [0, 0.1) is 0 Å². The number of benzene rings is 2. The Bertz CT molecular complexity index is 957. The highest BCUT2D eigenvalue weighted by atomic mass is 16.3. The summed E-state index contributed by atoms with van der Waals surface area (Å²) in [5.41, 5.74) is 7.37. The summed E-state index contributed by atoms with van der Waals surface area (Å²) in [4.78, 5) is 25.0. The van der Waals surface area contributed by atoms with E-state index in [1.165, 1.54) is 0 Å². The van der Waals surface area contributed by atoms with Gasteiger partial charge in [-0.3, -0.25) is 20.4 Å². The molecule has 30 heavy (non-hydrogen) atoms. The lowest BCUT2D eigenvalue weighted by Gasteiger charge is -2.18. The molecule has 0 unspecified atom stereocenters. The van der Waals surface area contributed by atoms with Crippen LogP contribution in [0.3, 0.4) is 0 Å². The predicted molar refractivity (Wildman–Crippen MR) is 116 cm³/mol. The van der Waals surface area contributed by atoms with Crippen molar-refractivity contribution in [2.75, 3.05) is 6.54 Å². The first kappa shape index (κ1) is 20.7. The number of hydrogen-bond donors (Lipinski definition) is 3. The molecule has 0 aliphatic heterocycles. The number of hydrogen-bond acceptors (Lipinski definition) is 4. The molecule has 6 nitrogen and oxygen atoms in total. The molecule has 0 radical (unpaired) electrons. The predicted octanol–water partition coefficient (Wildman–Crippen LogP) is 3.38. The quantitative estimate of drug-likeness (QED) is 0.379. The van der Waals surface area contributed by atoms with Crippen LogP contribution < -0.4 is 16.2 Å². The molecule has 1 heterocycles. The molecule has 0 atom stereocenters. The number of amides is 2. The highest BCUT2D eigenvalue weighted by molar-refractivity contribution is 5.90. The minimum atomic E-state index is -0.501. The van der Waals surface area contributed by atoms with E-state index >= 15 is 0 Å². The number of rotatable bonds is 9. The molecule has 1 aromatic heterocycles. The monoisotopic (exact) mass is 401 g/mol. The van der Waals surface area contributed by atoms with Crippen LogP contribution in [0.1, 0.15) is 22.8 Å². The molecular formula is C24H23N3O3. The SMILES string of the molecule is C=C(C=Cc1ccco1)NNC(=O)CNC(=O)C(c1ccccc1)c1ccccc1. The van der Waals surface area contributed by atoms with E-state index in [-0.39, 0.29) is 12.5 Å². The van der Waals surface area contributed by atoms with Crippen LogP contribution >= 0.6 is 0 Å². The second-order valence-electron chi connectivity index (χ2n) is 6.52. The topological polar surface area (TPSA) is 83.4 Å². The molecule has 0 bridgehead atoms. The third kappa shape index (κ3) is 5.97. The molecule has 6 heteroatoms. The van der Waals surface area contributed by atoms with Crippen LogP contribution in [-0.4, -0.2) is 18.4 Å². The van der Waals surface area contributed by atoms with E-state index in [4.69, 9.17) is 4.42 Å². The van der Waals surface area contributed by atoms with Gasteiger partial charge in [0.05, 0.1) is 18.7 Å². The second-order valence-corrected chi connectivity index (χ2v) is 6.52. The molecular weight excluding hydrogens is 378 g/mol. The number of carbonyl (C=O) groups excluding carboxylic acids is 2. The summed E-state index contributed by atoms with van der Waals surface area (Å²) < 4.78 is 5.18. The fourth-order valence-electron chi connectivity index (χ4n) is 2.86. The van der Waals surface area contributed by atoms with Gasteiger partial charge in [0.2, 0.25) is 5.91 Å². The van der Waals surface area contributed by atoms with Crippen molar-refractivity contribution in [2.24, 2.45) is 0 Å². The standard InChI is InChI=1S/C24H23N3O3/c1-18(14-15-21-13-8-16-30-21)26-27-22(28)17-25-24(29)23(19-9-4-2-5-10-19)20-11-6-3-7-12-20/h2-16,23,26H,1,17H2,(H,25,29)(H,27,28). The van der Waals surface area contributed by atoms with Gasteiger partial charge >= 0.3 is 0 Å². The van der Waals surface area contributed by atoms with Gasteiger partial charge < -0.3 is 9.73 Å². The lowest BCUT2D eigenvalue weighted by Crippen LogP contribution is -2.44. The first-order valence-electron chi connectivity index (χ1n) is 9.46. The molecule has 3 aromatic rings. The number of allylic oxidation sites excluding steroid dienone is 1. The summed E-state index contributed by atoms with van der Waals surface area (Å²) in [6, 6.07) is 22.5. The van der Waals surface area contributed by atoms with Crippen molar-refractivity contribution in [2.45, 2.75) is 5.92 Å². The van der Waals surface area contributed by atoms with Crippen molar-refractivity contribution >= 4 is 17.9 Å². The van der Waals surface area contributed by atoms with Crippen LogP contribution in [0.5, 0.6) is 0 Å². The van der Waals surface area contributed by atoms with Gasteiger partial charge in [0.25, 0.3) is 5.91 Å². The minimum Gasteiger partial charge on any atom is -0.465 e. The Hall–Kier alpha value is -4.06. The highest BCUT2D eigenvalue weighted by Gasteiger charge is 2.22. The van der Waals surface area contributed by atoms with E-state index in [0.29, 0.717) is 11.5 Å². The van der Waals surface area contributed by atoms with E-state index in [0.717, 1.165) is 11.1 Å². The Morgan fingerprint density at radius 1 is 0.900 bits per heavy atom. The van der Waals surface area contributed by atoms with Gasteiger partial charge in [0, 0.05) is 5.70 Å². The molecule has 3 N–H and O–H groups in total. The van der Waals surface area contributed by atoms with Crippen molar-refractivity contribution in [3.05, 3.63) is 114 Å². The Labute approximate surface area is 175 Å². The first-order valence-corrected chi connectivity index (χ1v) is 9.46. The number of hydrazine groups is 1. The van der Waals surface area contributed by atoms with Crippen molar-refractivity contribution < 1.29 is 14.0 Å². The molecule has 2 aromatic carbocycles. The second kappa shape index (κ2) is 10.5. The third-order valence-corrected chi connectivity index (χ3v) is 4.31. The maximum atomic E-state index is 12.9.